The summed E-state index contributed by atoms with van der Waals surface area (Å²) in [4.78, 5) is 31.6. The van der Waals surface area contributed by atoms with Crippen LogP contribution in [0.3, 0.4) is 0 Å². The van der Waals surface area contributed by atoms with Crippen LogP contribution in [0.4, 0.5) is 21.2 Å². The third kappa shape index (κ3) is 5.62. The summed E-state index contributed by atoms with van der Waals surface area (Å²) < 4.78 is 25.7. The highest BCUT2D eigenvalue weighted by molar-refractivity contribution is 9.10. The average molecular weight is 733 g/mol. The highest BCUT2D eigenvalue weighted by Gasteiger charge is 2.66. The summed E-state index contributed by atoms with van der Waals surface area (Å²) in [5.41, 5.74) is 4.01. The number of hydrogen-bond acceptors (Lipinski definition) is 6. The molecular weight excluding hydrogens is 693 g/mol. The molecule has 0 bridgehead atoms. The van der Waals surface area contributed by atoms with E-state index < -0.39 is 31.6 Å². The first kappa shape index (κ1) is 32.8. The lowest BCUT2D eigenvalue weighted by Crippen LogP contribution is -2.45. The molecular formula is C36H39BrFN5O4Si. The zero-order chi connectivity index (χ0) is 33.8. The van der Waals surface area contributed by atoms with Gasteiger partial charge < -0.3 is 18.9 Å². The molecule has 4 heterocycles. The molecule has 9 nitrogen and oxygen atoms in total. The van der Waals surface area contributed by atoms with Crippen molar-refractivity contribution in [1.82, 2.24) is 15.0 Å². The maximum Gasteiger partial charge on any atom is 0.264 e. The summed E-state index contributed by atoms with van der Waals surface area (Å²) in [5, 5.41) is 17.6. The van der Waals surface area contributed by atoms with Gasteiger partial charge in [0.25, 0.3) is 5.91 Å². The van der Waals surface area contributed by atoms with Crippen LogP contribution in [0.5, 0.6) is 0 Å². The van der Waals surface area contributed by atoms with Gasteiger partial charge in [-0.15, -0.1) is 5.10 Å². The molecule has 12 heteroatoms. The van der Waals surface area contributed by atoms with Crippen molar-refractivity contribution in [3.05, 3.63) is 99.8 Å². The van der Waals surface area contributed by atoms with Gasteiger partial charge in [0, 0.05) is 59.4 Å². The second-order valence-corrected chi connectivity index (χ2v) is 18.3. The van der Waals surface area contributed by atoms with Crippen molar-refractivity contribution in [2.75, 3.05) is 16.4 Å². The number of benzene rings is 3. The zero-order valence-electron chi connectivity index (χ0n) is 27.3. The lowest BCUT2D eigenvalue weighted by Gasteiger charge is -2.31. The summed E-state index contributed by atoms with van der Waals surface area (Å²) in [6.45, 7) is 6.05. The number of rotatable bonds is 9. The van der Waals surface area contributed by atoms with Gasteiger partial charge >= 0.3 is 0 Å². The molecule has 0 radical (unpaired) electrons. The Kier molecular flexibility index (Phi) is 8.63. The number of anilines is 3. The number of nitrogens with zero attached hydrogens (tertiary/aromatic N) is 5. The fraction of sp³-hybridized carbons (Fsp3) is 0.389. The third-order valence-corrected chi connectivity index (χ3v) is 13.1. The minimum atomic E-state index is -3.34. The maximum absolute atomic E-state index is 16.3. The average Bonchev–Trinajstić information content (AvgIpc) is 3.70. The van der Waals surface area contributed by atoms with E-state index in [1.165, 1.54) is 0 Å². The number of hydrogen-bond donors (Lipinski definition) is 1. The molecule has 1 spiro atoms. The molecule has 0 saturated carbocycles. The van der Waals surface area contributed by atoms with Crippen molar-refractivity contribution >= 4 is 53.2 Å². The lowest BCUT2D eigenvalue weighted by atomic mass is 9.82. The number of ether oxygens (including phenoxy) is 1. The molecule has 3 aliphatic heterocycles. The quantitative estimate of drug-likeness (QED) is 0.154. The fourth-order valence-corrected chi connectivity index (χ4v) is 11.0. The predicted octanol–water partition coefficient (Wildman–Crippen LogP) is 6.60. The molecule has 2 amide bonds. The normalized spacial score (nSPS) is 23.7. The van der Waals surface area contributed by atoms with E-state index in [4.69, 9.17) is 4.74 Å². The van der Waals surface area contributed by atoms with Crippen molar-refractivity contribution < 1.29 is 23.5 Å². The van der Waals surface area contributed by atoms with E-state index >= 15 is 4.11 Å². The summed E-state index contributed by atoms with van der Waals surface area (Å²) in [6, 6.07) is 21.5. The Morgan fingerprint density at radius 1 is 1.06 bits per heavy atom. The molecule has 0 aliphatic carbocycles. The monoisotopic (exact) mass is 731 g/mol. The largest absolute Gasteiger partial charge is 0.396 e. The minimum absolute atomic E-state index is 0.0175. The van der Waals surface area contributed by atoms with Crippen LogP contribution in [0.25, 0.3) is 0 Å². The first-order valence-electron chi connectivity index (χ1n) is 16.5. The first-order valence-corrected chi connectivity index (χ1v) is 20.2. The van der Waals surface area contributed by atoms with Crippen LogP contribution >= 0.6 is 15.9 Å². The Balaban J connectivity index is 1.21. The molecule has 1 aromatic heterocycles. The molecule has 250 valence electrons. The van der Waals surface area contributed by atoms with Crippen molar-refractivity contribution in [2.45, 2.75) is 76.0 Å². The number of aromatic nitrogens is 3. The van der Waals surface area contributed by atoms with Gasteiger partial charge in [0.15, 0.2) is 5.60 Å². The summed E-state index contributed by atoms with van der Waals surface area (Å²) >= 11 is 3.62. The van der Waals surface area contributed by atoms with Gasteiger partial charge in [-0.1, -0.05) is 58.4 Å². The van der Waals surface area contributed by atoms with Gasteiger partial charge in [0.1, 0.15) is 0 Å². The van der Waals surface area contributed by atoms with Crippen LogP contribution < -0.4 is 9.80 Å². The molecule has 7 rings (SSSR count). The standard InChI is InChI=1S/C36H39BrFN5O4Si/c1-23-34(48(2,3)38)32(15-17-41-22-27(16-18-44)39-40-41)47-36(23)29-20-26(37)12-13-31(29)42(35(36)46)21-24-7-6-9-28(19-24)43-30-10-5-4-8-25(30)11-14-33(43)45/h4-10,12-13,19-20,22-23,32,34,44H,11,14-18,21H2,1-3H3/t23-,32+,34-,36+/m0/s1. The molecule has 48 heavy (non-hydrogen) atoms. The predicted molar refractivity (Wildman–Crippen MR) is 187 cm³/mol. The Morgan fingerprint density at radius 2 is 1.88 bits per heavy atom. The van der Waals surface area contributed by atoms with Crippen molar-refractivity contribution in [3.8, 4) is 0 Å². The third-order valence-electron chi connectivity index (χ3n) is 10.1. The molecule has 1 saturated heterocycles. The molecule has 0 unspecified atom stereocenters. The van der Waals surface area contributed by atoms with Crippen molar-refractivity contribution in [2.24, 2.45) is 5.92 Å². The number of aliphatic hydroxyl groups is 1. The second kappa shape index (κ2) is 12.6. The molecule has 3 aliphatic rings. The SMILES string of the molecule is C[C@H]1[C@H]([Si](C)(C)F)[C@@H](CCn2cc(CCO)nn2)O[C@]12C(=O)N(Cc1cccc(N3C(=O)CCc4ccccc43)c1)c1ccc(Br)cc12. The topological polar surface area (TPSA) is 101 Å². The Hall–Kier alpha value is -3.71. The number of carbonyl (C=O) groups excluding carboxylic acids is 2. The van der Waals surface area contributed by atoms with Crippen LogP contribution in [0.1, 0.15) is 42.1 Å². The second-order valence-electron chi connectivity index (χ2n) is 13.6. The van der Waals surface area contributed by atoms with Gasteiger partial charge in [0.05, 0.1) is 29.7 Å². The maximum atomic E-state index is 16.3. The van der Waals surface area contributed by atoms with Crippen LogP contribution in [-0.2, 0) is 45.9 Å². The van der Waals surface area contributed by atoms with E-state index in [0.29, 0.717) is 37.9 Å². The van der Waals surface area contributed by atoms with Crippen LogP contribution in [0.15, 0.2) is 77.4 Å². The Morgan fingerprint density at radius 3 is 2.67 bits per heavy atom. The smallest absolute Gasteiger partial charge is 0.264 e. The summed E-state index contributed by atoms with van der Waals surface area (Å²) in [6.07, 6.45) is 3.29. The van der Waals surface area contributed by atoms with Gasteiger partial charge in [-0.2, -0.15) is 0 Å². The van der Waals surface area contributed by atoms with E-state index in [1.54, 1.807) is 33.8 Å². The Bertz CT molecular complexity index is 1880. The van der Waals surface area contributed by atoms with E-state index in [1.807, 2.05) is 67.6 Å². The van der Waals surface area contributed by atoms with E-state index in [2.05, 4.69) is 32.3 Å². The summed E-state index contributed by atoms with van der Waals surface area (Å²) in [5.74, 6) is -0.588. The fourth-order valence-electron chi connectivity index (χ4n) is 8.07. The van der Waals surface area contributed by atoms with Gasteiger partial charge in [-0.05, 0) is 73.5 Å². The zero-order valence-corrected chi connectivity index (χ0v) is 29.9. The van der Waals surface area contributed by atoms with E-state index in [-0.39, 0.29) is 25.0 Å². The number of aryl methyl sites for hydroxylation is 2. The lowest BCUT2D eigenvalue weighted by molar-refractivity contribution is -0.146. The number of halogens is 2. The Labute approximate surface area is 289 Å². The first-order chi connectivity index (χ1) is 23.0. The summed E-state index contributed by atoms with van der Waals surface area (Å²) in [7, 11) is -3.34. The van der Waals surface area contributed by atoms with Gasteiger partial charge in [0.2, 0.25) is 14.3 Å². The highest BCUT2D eigenvalue weighted by Crippen LogP contribution is 2.60. The van der Waals surface area contributed by atoms with E-state index in [0.717, 1.165) is 38.2 Å². The van der Waals surface area contributed by atoms with Crippen molar-refractivity contribution in [1.29, 1.82) is 0 Å². The number of fused-ring (bicyclic) bond motifs is 3. The number of para-hydroxylation sites is 1. The highest BCUT2D eigenvalue weighted by atomic mass is 79.9. The van der Waals surface area contributed by atoms with Crippen LogP contribution in [0.2, 0.25) is 18.6 Å². The minimum Gasteiger partial charge on any atom is -0.396 e. The number of carbonyl (C=O) groups is 2. The molecule has 1 N–H and O–H groups in total. The number of aliphatic hydroxyl groups excluding tert-OH is 1. The van der Waals surface area contributed by atoms with Crippen molar-refractivity contribution in [3.63, 3.8) is 0 Å². The number of amides is 2. The molecule has 3 aromatic carbocycles. The molecule has 4 atom stereocenters. The van der Waals surface area contributed by atoms with Crippen LogP contribution in [-0.4, -0.2) is 53.0 Å². The van der Waals surface area contributed by atoms with Crippen LogP contribution in [0, 0.1) is 5.92 Å². The molecule has 1 fully saturated rings. The molecule has 4 aromatic rings. The van der Waals surface area contributed by atoms with Gasteiger partial charge in [-0.25, -0.2) is 0 Å². The van der Waals surface area contributed by atoms with Gasteiger partial charge in [-0.3, -0.25) is 19.2 Å². The van der Waals surface area contributed by atoms with E-state index in [9.17, 15) is 14.7 Å².